The summed E-state index contributed by atoms with van der Waals surface area (Å²) in [5.41, 5.74) is 0. The Balaban J connectivity index is 0.000000180. The summed E-state index contributed by atoms with van der Waals surface area (Å²) in [6.07, 6.45) is 9.83. The highest BCUT2D eigenvalue weighted by molar-refractivity contribution is 4.85. The Labute approximate surface area is 63.8 Å². The van der Waals surface area contributed by atoms with E-state index < -0.39 is 0 Å². The molecule has 0 unspecified atom stereocenters. The van der Waals surface area contributed by atoms with Crippen LogP contribution in [0.3, 0.4) is 0 Å². The summed E-state index contributed by atoms with van der Waals surface area (Å²) in [5, 5.41) is 8.06. The second-order valence-corrected chi connectivity index (χ2v) is 2.85. The number of aliphatic hydroxyl groups excluding tert-OH is 1. The molecular formula is C9H18O. The number of allylic oxidation sites excluding steroid dienone is 2. The first kappa shape index (κ1) is 9.70. The SMILES string of the molecule is C1=CCCCC1.CC(C)O. The van der Waals surface area contributed by atoms with E-state index in [2.05, 4.69) is 12.2 Å². The van der Waals surface area contributed by atoms with Crippen molar-refractivity contribution in [1.82, 2.24) is 0 Å². The molecule has 0 fully saturated rings. The van der Waals surface area contributed by atoms with Crippen molar-refractivity contribution in [2.75, 3.05) is 0 Å². The lowest BCUT2D eigenvalue weighted by molar-refractivity contribution is 0.216. The quantitative estimate of drug-likeness (QED) is 0.515. The maximum absolute atomic E-state index is 8.06. The fourth-order valence-electron chi connectivity index (χ4n) is 0.760. The first-order valence-corrected chi connectivity index (χ1v) is 4.06. The molecule has 1 nitrogen and oxygen atoms in total. The Morgan fingerprint density at radius 3 is 1.50 bits per heavy atom. The highest BCUT2D eigenvalue weighted by atomic mass is 16.3. The van der Waals surface area contributed by atoms with Gasteiger partial charge in [0.05, 0.1) is 0 Å². The molecule has 60 valence electrons. The Morgan fingerprint density at radius 1 is 1.10 bits per heavy atom. The van der Waals surface area contributed by atoms with Gasteiger partial charge in [0.2, 0.25) is 0 Å². The predicted molar refractivity (Wildman–Crippen MR) is 45.0 cm³/mol. The van der Waals surface area contributed by atoms with Crippen molar-refractivity contribution in [3.63, 3.8) is 0 Å². The van der Waals surface area contributed by atoms with Gasteiger partial charge >= 0.3 is 0 Å². The maximum Gasteiger partial charge on any atom is 0.0483 e. The topological polar surface area (TPSA) is 20.2 Å². The lowest BCUT2D eigenvalue weighted by Crippen LogP contribution is -1.85. The Kier molecular flexibility index (Phi) is 6.61. The van der Waals surface area contributed by atoms with Crippen LogP contribution in [0.2, 0.25) is 0 Å². The van der Waals surface area contributed by atoms with E-state index in [1.165, 1.54) is 25.7 Å². The van der Waals surface area contributed by atoms with Crippen LogP contribution < -0.4 is 0 Å². The van der Waals surface area contributed by atoms with Gasteiger partial charge in [-0.05, 0) is 39.5 Å². The third-order valence-corrected chi connectivity index (χ3v) is 1.16. The average molecular weight is 142 g/mol. The van der Waals surface area contributed by atoms with E-state index in [4.69, 9.17) is 5.11 Å². The van der Waals surface area contributed by atoms with Crippen molar-refractivity contribution < 1.29 is 5.11 Å². The molecule has 0 heterocycles. The van der Waals surface area contributed by atoms with Gasteiger partial charge < -0.3 is 5.11 Å². The number of hydrogen-bond acceptors (Lipinski definition) is 1. The van der Waals surface area contributed by atoms with Crippen molar-refractivity contribution in [2.24, 2.45) is 0 Å². The van der Waals surface area contributed by atoms with Crippen molar-refractivity contribution in [3.05, 3.63) is 12.2 Å². The fraction of sp³-hybridized carbons (Fsp3) is 0.778. The Morgan fingerprint density at radius 2 is 1.40 bits per heavy atom. The zero-order valence-corrected chi connectivity index (χ0v) is 7.01. The van der Waals surface area contributed by atoms with Gasteiger partial charge in [0.15, 0.2) is 0 Å². The summed E-state index contributed by atoms with van der Waals surface area (Å²) < 4.78 is 0. The molecule has 0 aromatic rings. The summed E-state index contributed by atoms with van der Waals surface area (Å²) in [5.74, 6) is 0. The first-order valence-electron chi connectivity index (χ1n) is 4.06. The fourth-order valence-corrected chi connectivity index (χ4v) is 0.760. The minimum absolute atomic E-state index is 0.167. The highest BCUT2D eigenvalue weighted by Crippen LogP contribution is 2.07. The van der Waals surface area contributed by atoms with Gasteiger partial charge in [-0.2, -0.15) is 0 Å². The van der Waals surface area contributed by atoms with Gasteiger partial charge in [-0.15, -0.1) is 0 Å². The van der Waals surface area contributed by atoms with E-state index in [-0.39, 0.29) is 6.10 Å². The molecule has 0 radical (unpaired) electrons. The molecule has 0 aromatic carbocycles. The van der Waals surface area contributed by atoms with E-state index in [1.807, 2.05) is 0 Å². The molecule has 10 heavy (non-hydrogen) atoms. The second kappa shape index (κ2) is 6.81. The van der Waals surface area contributed by atoms with Crippen molar-refractivity contribution >= 4 is 0 Å². The number of hydrogen-bond donors (Lipinski definition) is 1. The van der Waals surface area contributed by atoms with Crippen molar-refractivity contribution in [2.45, 2.75) is 45.6 Å². The summed E-state index contributed by atoms with van der Waals surface area (Å²) in [6, 6.07) is 0. The van der Waals surface area contributed by atoms with Crippen LogP contribution in [-0.4, -0.2) is 11.2 Å². The Bertz CT molecular complexity index is 74.0. The van der Waals surface area contributed by atoms with Crippen LogP contribution in [0.25, 0.3) is 0 Å². The van der Waals surface area contributed by atoms with Crippen LogP contribution in [0.1, 0.15) is 39.5 Å². The van der Waals surface area contributed by atoms with Gasteiger partial charge in [-0.1, -0.05) is 12.2 Å². The molecule has 0 spiro atoms. The molecule has 0 bridgehead atoms. The van der Waals surface area contributed by atoms with Crippen LogP contribution in [0.4, 0.5) is 0 Å². The molecule has 1 aliphatic rings. The molecule has 1 aliphatic carbocycles. The molecule has 1 N–H and O–H groups in total. The van der Waals surface area contributed by atoms with Crippen LogP contribution in [0.15, 0.2) is 12.2 Å². The summed E-state index contributed by atoms with van der Waals surface area (Å²) >= 11 is 0. The minimum atomic E-state index is -0.167. The van der Waals surface area contributed by atoms with E-state index in [1.54, 1.807) is 13.8 Å². The van der Waals surface area contributed by atoms with Crippen LogP contribution in [0.5, 0.6) is 0 Å². The third kappa shape index (κ3) is 10.6. The van der Waals surface area contributed by atoms with Gasteiger partial charge in [-0.3, -0.25) is 0 Å². The molecule has 0 amide bonds. The number of rotatable bonds is 0. The lowest BCUT2D eigenvalue weighted by Gasteiger charge is -1.97. The normalized spacial score (nSPS) is 16.4. The second-order valence-electron chi connectivity index (χ2n) is 2.85. The van der Waals surface area contributed by atoms with Crippen LogP contribution >= 0.6 is 0 Å². The average Bonchev–Trinajstić information content (AvgIpc) is 1.90. The summed E-state index contributed by atoms with van der Waals surface area (Å²) in [6.45, 7) is 3.44. The Hall–Kier alpha value is -0.300. The zero-order valence-electron chi connectivity index (χ0n) is 7.01. The van der Waals surface area contributed by atoms with E-state index in [0.717, 1.165) is 0 Å². The third-order valence-electron chi connectivity index (χ3n) is 1.16. The molecular weight excluding hydrogens is 124 g/mol. The summed E-state index contributed by atoms with van der Waals surface area (Å²) in [4.78, 5) is 0. The first-order chi connectivity index (χ1) is 4.73. The zero-order chi connectivity index (χ0) is 7.82. The molecule has 0 saturated heterocycles. The van der Waals surface area contributed by atoms with Crippen molar-refractivity contribution in [1.29, 1.82) is 0 Å². The highest BCUT2D eigenvalue weighted by Gasteiger charge is 1.87. The van der Waals surface area contributed by atoms with E-state index >= 15 is 0 Å². The van der Waals surface area contributed by atoms with Gasteiger partial charge in [0.25, 0.3) is 0 Å². The van der Waals surface area contributed by atoms with Crippen LogP contribution in [-0.2, 0) is 0 Å². The van der Waals surface area contributed by atoms with Crippen LogP contribution in [0, 0.1) is 0 Å². The minimum Gasteiger partial charge on any atom is -0.394 e. The van der Waals surface area contributed by atoms with E-state index in [0.29, 0.717) is 0 Å². The molecule has 0 aromatic heterocycles. The predicted octanol–water partition coefficient (Wildman–Crippen LogP) is 2.50. The standard InChI is InChI=1S/C6H10.C3H8O/c1-2-4-6-5-3-1;1-3(2)4/h1-2H,3-6H2;3-4H,1-2H3. The largest absolute Gasteiger partial charge is 0.394 e. The van der Waals surface area contributed by atoms with Crippen molar-refractivity contribution in [3.8, 4) is 0 Å². The van der Waals surface area contributed by atoms with Gasteiger partial charge in [0.1, 0.15) is 0 Å². The molecule has 0 saturated carbocycles. The van der Waals surface area contributed by atoms with Gasteiger partial charge in [-0.25, -0.2) is 0 Å². The van der Waals surface area contributed by atoms with Gasteiger partial charge in [0, 0.05) is 6.10 Å². The van der Waals surface area contributed by atoms with E-state index in [9.17, 15) is 0 Å². The number of aliphatic hydroxyl groups is 1. The smallest absolute Gasteiger partial charge is 0.0483 e. The molecule has 0 aliphatic heterocycles. The lowest BCUT2D eigenvalue weighted by atomic mass is 10.1. The summed E-state index contributed by atoms with van der Waals surface area (Å²) in [7, 11) is 0. The maximum atomic E-state index is 8.06. The molecule has 0 atom stereocenters. The molecule has 1 heteroatoms. The molecule has 1 rings (SSSR count). The monoisotopic (exact) mass is 142 g/mol.